The fourth-order valence-electron chi connectivity index (χ4n) is 2.77. The molecular formula is C15H29N3O2. The second-order valence-electron chi connectivity index (χ2n) is 5.76. The minimum absolute atomic E-state index is 0.0183. The highest BCUT2D eigenvalue weighted by atomic mass is 16.2. The molecule has 0 bridgehead atoms. The van der Waals surface area contributed by atoms with Crippen molar-refractivity contribution in [2.75, 3.05) is 19.6 Å². The van der Waals surface area contributed by atoms with Crippen molar-refractivity contribution in [3.8, 4) is 0 Å². The lowest BCUT2D eigenvalue weighted by molar-refractivity contribution is -0.131. The van der Waals surface area contributed by atoms with E-state index in [1.807, 2.05) is 13.8 Å². The first-order chi connectivity index (χ1) is 9.49. The van der Waals surface area contributed by atoms with Crippen LogP contribution < -0.4 is 11.1 Å². The van der Waals surface area contributed by atoms with E-state index in [1.54, 1.807) is 4.90 Å². The highest BCUT2D eigenvalue weighted by Crippen LogP contribution is 2.27. The van der Waals surface area contributed by atoms with Gasteiger partial charge in [-0.05, 0) is 39.0 Å². The van der Waals surface area contributed by atoms with Crippen molar-refractivity contribution in [1.29, 1.82) is 0 Å². The van der Waals surface area contributed by atoms with Crippen LogP contribution >= 0.6 is 0 Å². The summed E-state index contributed by atoms with van der Waals surface area (Å²) in [5, 5.41) is 2.88. The third kappa shape index (κ3) is 4.78. The van der Waals surface area contributed by atoms with Crippen LogP contribution in [0.3, 0.4) is 0 Å². The predicted molar refractivity (Wildman–Crippen MR) is 80.0 cm³/mol. The monoisotopic (exact) mass is 283 g/mol. The lowest BCUT2D eigenvalue weighted by Crippen LogP contribution is -2.42. The van der Waals surface area contributed by atoms with Crippen molar-refractivity contribution < 1.29 is 9.59 Å². The van der Waals surface area contributed by atoms with E-state index in [-0.39, 0.29) is 23.8 Å². The van der Waals surface area contributed by atoms with E-state index in [2.05, 4.69) is 12.2 Å². The van der Waals surface area contributed by atoms with E-state index in [9.17, 15) is 9.59 Å². The van der Waals surface area contributed by atoms with Crippen molar-refractivity contribution in [1.82, 2.24) is 10.2 Å². The Hall–Kier alpha value is -1.10. The zero-order valence-corrected chi connectivity index (χ0v) is 13.0. The van der Waals surface area contributed by atoms with Crippen LogP contribution in [-0.2, 0) is 9.59 Å². The highest BCUT2D eigenvalue weighted by Gasteiger charge is 2.29. The standard InChI is InChI=1S/C15H29N3O2/c1-4-18(5-2)14(19)8-9-17-15(20)12-7-6-11(3)13(16)10-12/h11-13H,4-10,16H2,1-3H3,(H,17,20). The summed E-state index contributed by atoms with van der Waals surface area (Å²) in [6.07, 6.45) is 3.06. The third-order valence-corrected chi connectivity index (χ3v) is 4.38. The number of nitrogens with two attached hydrogens (primary N) is 1. The van der Waals surface area contributed by atoms with Crippen molar-refractivity contribution >= 4 is 11.8 Å². The van der Waals surface area contributed by atoms with Gasteiger partial charge in [0.05, 0.1) is 0 Å². The number of nitrogens with one attached hydrogen (secondary N) is 1. The number of hydrogen-bond donors (Lipinski definition) is 2. The average molecular weight is 283 g/mol. The zero-order valence-electron chi connectivity index (χ0n) is 13.0. The molecular weight excluding hydrogens is 254 g/mol. The summed E-state index contributed by atoms with van der Waals surface area (Å²) in [5.41, 5.74) is 6.02. The maximum Gasteiger partial charge on any atom is 0.224 e. The predicted octanol–water partition coefficient (Wildman–Crippen LogP) is 1.12. The first-order valence-electron chi connectivity index (χ1n) is 7.80. The molecule has 3 atom stereocenters. The molecule has 20 heavy (non-hydrogen) atoms. The molecule has 5 nitrogen and oxygen atoms in total. The van der Waals surface area contributed by atoms with Crippen molar-refractivity contribution in [3.05, 3.63) is 0 Å². The highest BCUT2D eigenvalue weighted by molar-refractivity contribution is 5.80. The number of nitrogens with zero attached hydrogens (tertiary/aromatic N) is 1. The van der Waals surface area contributed by atoms with Gasteiger partial charge in [0.1, 0.15) is 0 Å². The van der Waals surface area contributed by atoms with Gasteiger partial charge in [0.15, 0.2) is 0 Å². The molecule has 3 N–H and O–H groups in total. The fraction of sp³-hybridized carbons (Fsp3) is 0.867. The summed E-state index contributed by atoms with van der Waals surface area (Å²) in [5.74, 6) is 0.678. The van der Waals surface area contributed by atoms with Crippen LogP contribution in [0.25, 0.3) is 0 Å². The Bertz CT molecular complexity index is 329. The lowest BCUT2D eigenvalue weighted by atomic mass is 9.79. The van der Waals surface area contributed by atoms with Gasteiger partial charge in [0.25, 0.3) is 0 Å². The van der Waals surface area contributed by atoms with Crippen LogP contribution in [0.15, 0.2) is 0 Å². The van der Waals surface area contributed by atoms with Crippen LogP contribution in [0.4, 0.5) is 0 Å². The van der Waals surface area contributed by atoms with E-state index >= 15 is 0 Å². The van der Waals surface area contributed by atoms with Crippen molar-refractivity contribution in [2.45, 2.75) is 52.5 Å². The Morgan fingerprint density at radius 1 is 1.25 bits per heavy atom. The molecule has 1 rings (SSSR count). The van der Waals surface area contributed by atoms with E-state index in [0.29, 0.717) is 18.9 Å². The second kappa shape index (κ2) is 8.25. The maximum absolute atomic E-state index is 12.0. The Balaban J connectivity index is 2.28. The molecule has 0 spiro atoms. The number of hydrogen-bond acceptors (Lipinski definition) is 3. The lowest BCUT2D eigenvalue weighted by Gasteiger charge is -2.31. The Morgan fingerprint density at radius 2 is 1.90 bits per heavy atom. The van der Waals surface area contributed by atoms with Gasteiger partial charge < -0.3 is 16.0 Å². The summed E-state index contributed by atoms with van der Waals surface area (Å²) in [7, 11) is 0. The minimum Gasteiger partial charge on any atom is -0.355 e. The third-order valence-electron chi connectivity index (χ3n) is 4.38. The van der Waals surface area contributed by atoms with Gasteiger partial charge in [0, 0.05) is 38.0 Å². The molecule has 3 unspecified atom stereocenters. The molecule has 0 aromatic heterocycles. The van der Waals surface area contributed by atoms with Gasteiger partial charge in [-0.3, -0.25) is 9.59 Å². The topological polar surface area (TPSA) is 75.4 Å². The normalized spacial score (nSPS) is 26.1. The Kier molecular flexibility index (Phi) is 6.99. The Labute approximate surface area is 122 Å². The van der Waals surface area contributed by atoms with Gasteiger partial charge >= 0.3 is 0 Å². The largest absolute Gasteiger partial charge is 0.355 e. The molecule has 2 amide bonds. The number of carbonyl (C=O) groups is 2. The molecule has 1 aliphatic carbocycles. The van der Waals surface area contributed by atoms with Crippen LogP contribution in [0.5, 0.6) is 0 Å². The molecule has 116 valence electrons. The molecule has 0 heterocycles. The molecule has 0 aliphatic heterocycles. The van der Waals surface area contributed by atoms with Gasteiger partial charge in [-0.15, -0.1) is 0 Å². The molecule has 0 aromatic rings. The smallest absolute Gasteiger partial charge is 0.224 e. The van der Waals surface area contributed by atoms with Crippen LogP contribution in [-0.4, -0.2) is 42.4 Å². The SMILES string of the molecule is CCN(CC)C(=O)CCNC(=O)C1CCC(C)C(N)C1. The van der Waals surface area contributed by atoms with Crippen molar-refractivity contribution in [2.24, 2.45) is 17.6 Å². The summed E-state index contributed by atoms with van der Waals surface area (Å²) >= 11 is 0. The molecule has 1 fully saturated rings. The van der Waals surface area contributed by atoms with Crippen molar-refractivity contribution in [3.63, 3.8) is 0 Å². The quantitative estimate of drug-likeness (QED) is 0.767. The number of rotatable bonds is 6. The zero-order chi connectivity index (χ0) is 15.1. The van der Waals surface area contributed by atoms with E-state index in [0.717, 1.165) is 32.4 Å². The average Bonchev–Trinajstić information content (AvgIpc) is 2.43. The minimum atomic E-state index is 0.0183. The van der Waals surface area contributed by atoms with Gasteiger partial charge in [0.2, 0.25) is 11.8 Å². The summed E-state index contributed by atoms with van der Waals surface area (Å²) in [6.45, 7) is 7.93. The summed E-state index contributed by atoms with van der Waals surface area (Å²) in [4.78, 5) is 25.6. The molecule has 0 saturated heterocycles. The summed E-state index contributed by atoms with van der Waals surface area (Å²) < 4.78 is 0. The molecule has 1 saturated carbocycles. The molecule has 0 aromatic carbocycles. The molecule has 0 radical (unpaired) electrons. The maximum atomic E-state index is 12.0. The fourth-order valence-corrected chi connectivity index (χ4v) is 2.77. The van der Waals surface area contributed by atoms with Gasteiger partial charge in [-0.2, -0.15) is 0 Å². The summed E-state index contributed by atoms with van der Waals surface area (Å²) in [6, 6.07) is 0.122. The Morgan fingerprint density at radius 3 is 2.45 bits per heavy atom. The second-order valence-corrected chi connectivity index (χ2v) is 5.76. The van der Waals surface area contributed by atoms with Crippen LogP contribution in [0.2, 0.25) is 0 Å². The van der Waals surface area contributed by atoms with E-state index in [1.165, 1.54) is 0 Å². The number of amides is 2. The first-order valence-corrected chi connectivity index (χ1v) is 7.80. The molecule has 5 heteroatoms. The van der Waals surface area contributed by atoms with Gasteiger partial charge in [-0.1, -0.05) is 6.92 Å². The van der Waals surface area contributed by atoms with Crippen LogP contribution in [0, 0.1) is 11.8 Å². The molecule has 1 aliphatic rings. The van der Waals surface area contributed by atoms with Crippen LogP contribution in [0.1, 0.15) is 46.5 Å². The first kappa shape index (κ1) is 17.0. The van der Waals surface area contributed by atoms with Gasteiger partial charge in [-0.25, -0.2) is 0 Å². The van der Waals surface area contributed by atoms with E-state index < -0.39 is 0 Å². The van der Waals surface area contributed by atoms with E-state index in [4.69, 9.17) is 5.73 Å². The number of carbonyl (C=O) groups excluding carboxylic acids is 2.